The minimum Gasteiger partial charge on any atom is -0.493 e. The smallest absolute Gasteiger partial charge is 0.308 e. The molecule has 0 spiro atoms. The number of rotatable bonds is 7. The number of carboxylic acids is 1. The molecule has 0 aliphatic heterocycles. The van der Waals surface area contributed by atoms with Gasteiger partial charge in [0.25, 0.3) is 0 Å². The second-order valence-corrected chi connectivity index (χ2v) is 4.64. The molecule has 0 bridgehead atoms. The molecule has 1 aromatic rings. The Morgan fingerprint density at radius 3 is 2.33 bits per heavy atom. The summed E-state index contributed by atoms with van der Waals surface area (Å²) in [6.45, 7) is 3.41. The van der Waals surface area contributed by atoms with E-state index in [1.165, 1.54) is 19.1 Å². The Morgan fingerprint density at radius 1 is 1.24 bits per heavy atom. The number of hydrogen-bond acceptors (Lipinski definition) is 4. The van der Waals surface area contributed by atoms with Crippen LogP contribution < -0.4 is 14.4 Å². The van der Waals surface area contributed by atoms with Crippen molar-refractivity contribution in [3.63, 3.8) is 0 Å². The van der Waals surface area contributed by atoms with E-state index in [4.69, 9.17) is 14.6 Å². The lowest BCUT2D eigenvalue weighted by atomic mass is 10.1. The lowest BCUT2D eigenvalue weighted by Gasteiger charge is -2.25. The zero-order chi connectivity index (χ0) is 16.0. The van der Waals surface area contributed by atoms with Gasteiger partial charge in [-0.3, -0.25) is 9.59 Å². The first-order valence-electron chi connectivity index (χ1n) is 6.69. The summed E-state index contributed by atoms with van der Waals surface area (Å²) in [7, 11) is 3.03. The van der Waals surface area contributed by atoms with Crippen LogP contribution in [0.5, 0.6) is 11.5 Å². The van der Waals surface area contributed by atoms with Crippen molar-refractivity contribution in [1.29, 1.82) is 0 Å². The van der Waals surface area contributed by atoms with Crippen LogP contribution in [-0.4, -0.2) is 37.7 Å². The Kier molecular flexibility index (Phi) is 6.02. The van der Waals surface area contributed by atoms with Crippen molar-refractivity contribution in [3.8, 4) is 11.5 Å². The van der Waals surface area contributed by atoms with E-state index in [-0.39, 0.29) is 12.5 Å². The number of hydrogen-bond donors (Lipinski definition) is 1. The van der Waals surface area contributed by atoms with Crippen LogP contribution in [0.3, 0.4) is 0 Å². The van der Waals surface area contributed by atoms with Crippen LogP contribution >= 0.6 is 0 Å². The van der Waals surface area contributed by atoms with Crippen LogP contribution in [0.2, 0.25) is 0 Å². The molecule has 6 heteroatoms. The Balaban J connectivity index is 3.14. The highest BCUT2D eigenvalue weighted by atomic mass is 16.5. The fourth-order valence-electron chi connectivity index (χ4n) is 1.89. The van der Waals surface area contributed by atoms with Gasteiger partial charge >= 0.3 is 5.97 Å². The minimum absolute atomic E-state index is 0.109. The van der Waals surface area contributed by atoms with E-state index in [0.29, 0.717) is 23.6 Å². The van der Waals surface area contributed by atoms with Crippen LogP contribution in [0.1, 0.15) is 20.3 Å². The molecule has 1 unspecified atom stereocenters. The molecule has 1 atom stereocenters. The molecule has 1 rings (SSSR count). The third kappa shape index (κ3) is 4.11. The number of aliphatic carboxylic acids is 1. The summed E-state index contributed by atoms with van der Waals surface area (Å²) >= 11 is 0. The predicted molar refractivity (Wildman–Crippen MR) is 79.0 cm³/mol. The molecule has 116 valence electrons. The van der Waals surface area contributed by atoms with Crippen molar-refractivity contribution in [3.05, 3.63) is 18.2 Å². The molecule has 1 N–H and O–H groups in total. The molecule has 6 nitrogen and oxygen atoms in total. The highest BCUT2D eigenvalue weighted by molar-refractivity contribution is 5.94. The third-order valence-corrected chi connectivity index (χ3v) is 3.16. The molecule has 21 heavy (non-hydrogen) atoms. The largest absolute Gasteiger partial charge is 0.493 e. The highest BCUT2D eigenvalue weighted by Crippen LogP contribution is 2.32. The third-order valence-electron chi connectivity index (χ3n) is 3.16. The number of methoxy groups -OCH3 is 2. The van der Waals surface area contributed by atoms with Gasteiger partial charge in [-0.1, -0.05) is 13.8 Å². The Labute approximate surface area is 124 Å². The van der Waals surface area contributed by atoms with E-state index in [9.17, 15) is 9.59 Å². The molecule has 0 heterocycles. The SMILES string of the molecule is CCC(=O)N(CC(C)C(=O)O)c1ccc(OC)c(OC)c1. The molecule has 1 aromatic carbocycles. The molecule has 0 aliphatic rings. The van der Waals surface area contributed by atoms with Gasteiger partial charge in [0.2, 0.25) is 5.91 Å². The first-order valence-corrected chi connectivity index (χ1v) is 6.69. The normalized spacial score (nSPS) is 11.6. The summed E-state index contributed by atoms with van der Waals surface area (Å²) in [6, 6.07) is 5.07. The molecule has 0 radical (unpaired) electrons. The van der Waals surface area contributed by atoms with Gasteiger partial charge in [-0.05, 0) is 12.1 Å². The number of anilines is 1. The topological polar surface area (TPSA) is 76.1 Å². The van der Waals surface area contributed by atoms with Crippen molar-refractivity contribution < 1.29 is 24.2 Å². The highest BCUT2D eigenvalue weighted by Gasteiger charge is 2.22. The first-order chi connectivity index (χ1) is 9.94. The molecular formula is C15H21NO5. The van der Waals surface area contributed by atoms with E-state index in [0.717, 1.165) is 0 Å². The van der Waals surface area contributed by atoms with Crippen molar-refractivity contribution >= 4 is 17.6 Å². The maximum absolute atomic E-state index is 12.1. The molecule has 0 aromatic heterocycles. The summed E-state index contributed by atoms with van der Waals surface area (Å²) in [5, 5.41) is 9.03. The molecule has 0 fully saturated rings. The fourth-order valence-corrected chi connectivity index (χ4v) is 1.89. The van der Waals surface area contributed by atoms with Crippen LogP contribution in [0, 0.1) is 5.92 Å². The average molecular weight is 295 g/mol. The summed E-state index contributed by atoms with van der Waals surface area (Å²) in [5.74, 6) is -0.698. The zero-order valence-electron chi connectivity index (χ0n) is 12.8. The second-order valence-electron chi connectivity index (χ2n) is 4.64. The van der Waals surface area contributed by atoms with Gasteiger partial charge in [0.15, 0.2) is 11.5 Å². The summed E-state index contributed by atoms with van der Waals surface area (Å²) < 4.78 is 10.4. The standard InChI is InChI=1S/C15H21NO5/c1-5-14(17)16(9-10(2)15(18)19)11-6-7-12(20-3)13(8-11)21-4/h6-8,10H,5,9H2,1-4H3,(H,18,19). The molecule has 0 saturated carbocycles. The van der Waals surface area contributed by atoms with E-state index in [1.54, 1.807) is 32.0 Å². The van der Waals surface area contributed by atoms with Gasteiger partial charge in [-0.2, -0.15) is 0 Å². The van der Waals surface area contributed by atoms with E-state index >= 15 is 0 Å². The van der Waals surface area contributed by atoms with E-state index in [1.807, 2.05) is 0 Å². The first kappa shape index (κ1) is 16.8. The minimum atomic E-state index is -0.940. The Hall–Kier alpha value is -2.24. The fraction of sp³-hybridized carbons (Fsp3) is 0.467. The summed E-state index contributed by atoms with van der Waals surface area (Å²) in [6.07, 6.45) is 0.292. The zero-order valence-corrected chi connectivity index (χ0v) is 12.8. The van der Waals surface area contributed by atoms with Crippen molar-refractivity contribution in [2.45, 2.75) is 20.3 Å². The number of nitrogens with zero attached hydrogens (tertiary/aromatic N) is 1. The second kappa shape index (κ2) is 7.52. The van der Waals surface area contributed by atoms with E-state index in [2.05, 4.69) is 0 Å². The van der Waals surface area contributed by atoms with Gasteiger partial charge in [0.05, 0.1) is 20.1 Å². The predicted octanol–water partition coefficient (Wildman–Crippen LogP) is 2.17. The van der Waals surface area contributed by atoms with Crippen LogP contribution in [0.4, 0.5) is 5.69 Å². The van der Waals surface area contributed by atoms with Crippen molar-refractivity contribution in [2.75, 3.05) is 25.7 Å². The van der Waals surface area contributed by atoms with Gasteiger partial charge in [-0.15, -0.1) is 0 Å². The van der Waals surface area contributed by atoms with Gasteiger partial charge in [0.1, 0.15) is 0 Å². The van der Waals surface area contributed by atoms with E-state index < -0.39 is 11.9 Å². The van der Waals surface area contributed by atoms with Crippen molar-refractivity contribution in [1.82, 2.24) is 0 Å². The Bertz CT molecular complexity index is 515. The Morgan fingerprint density at radius 2 is 1.86 bits per heavy atom. The van der Waals surface area contributed by atoms with Gasteiger partial charge < -0.3 is 19.5 Å². The monoisotopic (exact) mass is 295 g/mol. The number of carbonyl (C=O) groups excluding carboxylic acids is 1. The number of carbonyl (C=O) groups is 2. The van der Waals surface area contributed by atoms with Crippen LogP contribution in [-0.2, 0) is 9.59 Å². The maximum atomic E-state index is 12.1. The lowest BCUT2D eigenvalue weighted by molar-refractivity contribution is -0.140. The quantitative estimate of drug-likeness (QED) is 0.834. The van der Waals surface area contributed by atoms with Crippen LogP contribution in [0.25, 0.3) is 0 Å². The number of carboxylic acid groups (broad SMARTS) is 1. The number of amides is 1. The average Bonchev–Trinajstić information content (AvgIpc) is 2.50. The molecule has 0 saturated heterocycles. The van der Waals surface area contributed by atoms with Crippen LogP contribution in [0.15, 0.2) is 18.2 Å². The van der Waals surface area contributed by atoms with Gasteiger partial charge in [-0.25, -0.2) is 0 Å². The summed E-state index contributed by atoms with van der Waals surface area (Å²) in [5.41, 5.74) is 0.590. The molecular weight excluding hydrogens is 274 g/mol. The number of ether oxygens (including phenoxy) is 2. The summed E-state index contributed by atoms with van der Waals surface area (Å²) in [4.78, 5) is 24.6. The maximum Gasteiger partial charge on any atom is 0.308 e. The van der Waals surface area contributed by atoms with Gasteiger partial charge in [0, 0.05) is 24.7 Å². The number of benzene rings is 1. The lowest BCUT2D eigenvalue weighted by Crippen LogP contribution is -2.36. The molecule has 1 amide bonds. The van der Waals surface area contributed by atoms with Crippen molar-refractivity contribution in [2.24, 2.45) is 5.92 Å². The molecule has 0 aliphatic carbocycles.